The molecule has 0 radical (unpaired) electrons. The number of carbonyl (C=O) groups is 1. The quantitative estimate of drug-likeness (QED) is 0.590. The monoisotopic (exact) mass is 217 g/mol. The second-order valence-electron chi connectivity index (χ2n) is 2.52. The molecule has 6 nitrogen and oxygen atoms in total. The van der Waals surface area contributed by atoms with E-state index in [0.717, 1.165) is 18.2 Å². The minimum Gasteiger partial charge on any atom is -0.507 e. The molecule has 0 aliphatic carbocycles. The van der Waals surface area contributed by atoms with Gasteiger partial charge in [0, 0.05) is 0 Å². The van der Waals surface area contributed by atoms with Crippen molar-refractivity contribution in [3.05, 3.63) is 23.8 Å². The van der Waals surface area contributed by atoms with Crippen LogP contribution < -0.4 is 5.73 Å². The molecular formula is C7H7NO5S. The lowest BCUT2D eigenvalue weighted by Crippen LogP contribution is -2.12. The molecule has 1 aromatic rings. The van der Waals surface area contributed by atoms with E-state index < -0.39 is 26.7 Å². The van der Waals surface area contributed by atoms with Gasteiger partial charge in [-0.05, 0) is 18.2 Å². The molecule has 1 rings (SSSR count). The second-order valence-corrected chi connectivity index (χ2v) is 3.94. The van der Waals surface area contributed by atoms with Crippen LogP contribution in [0.15, 0.2) is 23.1 Å². The third-order valence-corrected chi connectivity index (χ3v) is 2.38. The van der Waals surface area contributed by atoms with Crippen LogP contribution in [0.25, 0.3) is 0 Å². The molecule has 7 heteroatoms. The number of benzene rings is 1. The third-order valence-electron chi connectivity index (χ3n) is 1.53. The van der Waals surface area contributed by atoms with Crippen molar-refractivity contribution in [2.75, 3.05) is 0 Å². The van der Waals surface area contributed by atoms with Crippen molar-refractivity contribution in [2.24, 2.45) is 5.73 Å². The SMILES string of the molecule is NC(=O)c1cc(S(=O)(=O)O)ccc1O. The highest BCUT2D eigenvalue weighted by molar-refractivity contribution is 7.85. The second kappa shape index (κ2) is 3.28. The Balaban J connectivity index is 3.42. The molecule has 0 saturated heterocycles. The predicted molar refractivity (Wildman–Crippen MR) is 46.4 cm³/mol. The number of hydrogen-bond donors (Lipinski definition) is 3. The third kappa shape index (κ3) is 2.01. The van der Waals surface area contributed by atoms with Gasteiger partial charge in [-0.25, -0.2) is 0 Å². The van der Waals surface area contributed by atoms with Crippen molar-refractivity contribution < 1.29 is 22.9 Å². The fourth-order valence-corrected chi connectivity index (χ4v) is 1.38. The average Bonchev–Trinajstić information content (AvgIpc) is 2.02. The molecule has 0 aliphatic rings. The van der Waals surface area contributed by atoms with Gasteiger partial charge in [0.05, 0.1) is 10.5 Å². The van der Waals surface area contributed by atoms with Gasteiger partial charge in [-0.1, -0.05) is 0 Å². The van der Waals surface area contributed by atoms with Gasteiger partial charge in [-0.3, -0.25) is 9.35 Å². The highest BCUT2D eigenvalue weighted by Gasteiger charge is 2.14. The van der Waals surface area contributed by atoms with E-state index in [2.05, 4.69) is 0 Å². The van der Waals surface area contributed by atoms with Crippen LogP contribution >= 0.6 is 0 Å². The molecule has 0 heterocycles. The summed E-state index contributed by atoms with van der Waals surface area (Å²) in [5, 5.41) is 9.09. The first kappa shape index (κ1) is 10.5. The van der Waals surface area contributed by atoms with E-state index in [4.69, 9.17) is 15.4 Å². The van der Waals surface area contributed by atoms with E-state index in [9.17, 15) is 13.2 Å². The molecule has 0 aliphatic heterocycles. The van der Waals surface area contributed by atoms with Gasteiger partial charge in [0.25, 0.3) is 16.0 Å². The molecule has 0 aromatic heterocycles. The van der Waals surface area contributed by atoms with Crippen LogP contribution in [0.1, 0.15) is 10.4 Å². The minimum absolute atomic E-state index is 0.361. The van der Waals surface area contributed by atoms with E-state index in [1.807, 2.05) is 0 Å². The number of carbonyl (C=O) groups excluding carboxylic acids is 1. The summed E-state index contributed by atoms with van der Waals surface area (Å²) in [4.78, 5) is 10.2. The van der Waals surface area contributed by atoms with Gasteiger partial charge < -0.3 is 10.8 Å². The number of primary amides is 1. The van der Waals surface area contributed by atoms with Crippen LogP contribution in [0.2, 0.25) is 0 Å². The van der Waals surface area contributed by atoms with Gasteiger partial charge >= 0.3 is 0 Å². The molecule has 1 amide bonds. The Morgan fingerprint density at radius 2 is 1.93 bits per heavy atom. The molecule has 0 bridgehead atoms. The van der Waals surface area contributed by atoms with E-state index >= 15 is 0 Å². The standard InChI is InChI=1S/C7H7NO5S/c8-7(10)5-3-4(14(11,12)13)1-2-6(5)9/h1-3,9H,(H2,8,10)(H,11,12,13). The first-order valence-electron chi connectivity index (χ1n) is 3.42. The van der Waals surface area contributed by atoms with Crippen molar-refractivity contribution in [3.63, 3.8) is 0 Å². The predicted octanol–water partition coefficient (Wildman–Crippen LogP) is -0.262. The van der Waals surface area contributed by atoms with Crippen molar-refractivity contribution in [2.45, 2.75) is 4.90 Å². The zero-order chi connectivity index (χ0) is 10.9. The van der Waals surface area contributed by atoms with Crippen LogP contribution in [0.3, 0.4) is 0 Å². The highest BCUT2D eigenvalue weighted by Crippen LogP contribution is 2.20. The maximum Gasteiger partial charge on any atom is 0.294 e. The van der Waals surface area contributed by atoms with E-state index in [1.165, 1.54) is 0 Å². The number of hydrogen-bond acceptors (Lipinski definition) is 4. The summed E-state index contributed by atoms with van der Waals surface area (Å²) in [6, 6.07) is 2.72. The number of phenols is 1. The molecular weight excluding hydrogens is 210 g/mol. The van der Waals surface area contributed by atoms with E-state index in [1.54, 1.807) is 0 Å². The summed E-state index contributed by atoms with van der Waals surface area (Å²) < 4.78 is 29.9. The summed E-state index contributed by atoms with van der Waals surface area (Å²) in [5.41, 5.74) is 4.49. The molecule has 0 unspecified atom stereocenters. The van der Waals surface area contributed by atoms with E-state index in [-0.39, 0.29) is 5.56 Å². The Morgan fingerprint density at radius 1 is 1.36 bits per heavy atom. The zero-order valence-electron chi connectivity index (χ0n) is 6.84. The number of nitrogens with two attached hydrogens (primary N) is 1. The summed E-state index contributed by atoms with van der Waals surface area (Å²) in [6.07, 6.45) is 0. The molecule has 4 N–H and O–H groups in total. The number of aromatic hydroxyl groups is 1. The minimum atomic E-state index is -4.39. The topological polar surface area (TPSA) is 118 Å². The zero-order valence-corrected chi connectivity index (χ0v) is 7.65. The summed E-state index contributed by atoms with van der Waals surface area (Å²) in [7, 11) is -4.39. The first-order chi connectivity index (χ1) is 6.32. The molecule has 76 valence electrons. The molecule has 0 saturated carbocycles. The van der Waals surface area contributed by atoms with Crippen LogP contribution in [-0.2, 0) is 10.1 Å². The largest absolute Gasteiger partial charge is 0.507 e. The molecule has 0 spiro atoms. The lowest BCUT2D eigenvalue weighted by atomic mass is 10.2. The maximum atomic E-state index is 10.7. The van der Waals surface area contributed by atoms with E-state index in [0.29, 0.717) is 0 Å². The highest BCUT2D eigenvalue weighted by atomic mass is 32.2. The van der Waals surface area contributed by atoms with Gasteiger partial charge in [-0.15, -0.1) is 0 Å². The Labute approximate surface area is 79.7 Å². The smallest absolute Gasteiger partial charge is 0.294 e. The molecule has 1 aromatic carbocycles. The van der Waals surface area contributed by atoms with Crippen molar-refractivity contribution >= 4 is 16.0 Å². The average molecular weight is 217 g/mol. The molecule has 0 atom stereocenters. The maximum absolute atomic E-state index is 10.7. The van der Waals surface area contributed by atoms with Crippen molar-refractivity contribution in [3.8, 4) is 5.75 Å². The van der Waals surface area contributed by atoms with Gasteiger partial charge in [0.15, 0.2) is 0 Å². The van der Waals surface area contributed by atoms with Crippen LogP contribution in [0.5, 0.6) is 5.75 Å². The lowest BCUT2D eigenvalue weighted by Gasteiger charge is -2.01. The fourth-order valence-electron chi connectivity index (χ4n) is 0.873. The Kier molecular flexibility index (Phi) is 2.45. The Morgan fingerprint density at radius 3 is 2.36 bits per heavy atom. The molecule has 14 heavy (non-hydrogen) atoms. The van der Waals surface area contributed by atoms with Crippen molar-refractivity contribution in [1.29, 1.82) is 0 Å². The first-order valence-corrected chi connectivity index (χ1v) is 4.86. The van der Waals surface area contributed by atoms with Gasteiger partial charge in [0.1, 0.15) is 5.75 Å². The Hall–Kier alpha value is -1.60. The molecule has 0 fully saturated rings. The number of amides is 1. The van der Waals surface area contributed by atoms with Gasteiger partial charge in [0.2, 0.25) is 0 Å². The van der Waals surface area contributed by atoms with Crippen molar-refractivity contribution in [1.82, 2.24) is 0 Å². The van der Waals surface area contributed by atoms with Gasteiger partial charge in [-0.2, -0.15) is 8.42 Å². The fraction of sp³-hybridized carbons (Fsp3) is 0. The van der Waals surface area contributed by atoms with Crippen LogP contribution in [0.4, 0.5) is 0 Å². The summed E-state index contributed by atoms with van der Waals surface area (Å²) in [6.45, 7) is 0. The number of rotatable bonds is 2. The van der Waals surface area contributed by atoms with Crippen LogP contribution in [-0.4, -0.2) is 24.0 Å². The Bertz CT molecular complexity index is 479. The lowest BCUT2D eigenvalue weighted by molar-refractivity contribution is 0.0997. The summed E-state index contributed by atoms with van der Waals surface area (Å²) >= 11 is 0. The normalized spacial score (nSPS) is 11.2. The summed E-state index contributed by atoms with van der Waals surface area (Å²) in [5.74, 6) is -1.42. The van der Waals surface area contributed by atoms with Crippen LogP contribution in [0, 0.1) is 0 Å².